The Hall–Kier alpha value is -1.95. The van der Waals surface area contributed by atoms with Gasteiger partial charge >= 0.3 is 0 Å². The fourth-order valence-electron chi connectivity index (χ4n) is 2.11. The van der Waals surface area contributed by atoms with E-state index in [0.717, 1.165) is 38.4 Å². The minimum absolute atomic E-state index is 0.789. The molecule has 0 unspecified atom stereocenters. The molecule has 0 atom stereocenters. The summed E-state index contributed by atoms with van der Waals surface area (Å²) in [6, 6.07) is 3.88. The minimum Gasteiger partial charge on any atom is -0.391 e. The van der Waals surface area contributed by atoms with Crippen LogP contribution in [0.25, 0.3) is 16.3 Å². The van der Waals surface area contributed by atoms with Crippen molar-refractivity contribution in [2.45, 2.75) is 20.8 Å². The molecule has 5 nitrogen and oxygen atoms in total. The van der Waals surface area contributed by atoms with Crippen molar-refractivity contribution in [2.75, 3.05) is 5.73 Å². The van der Waals surface area contributed by atoms with Crippen molar-refractivity contribution in [2.24, 2.45) is 0 Å². The van der Waals surface area contributed by atoms with Gasteiger partial charge in [-0.05, 0) is 32.4 Å². The average molecular weight is 259 g/mol. The predicted molar refractivity (Wildman–Crippen MR) is 72.7 cm³/mol. The number of hydrogen-bond acceptors (Lipinski definition) is 5. The summed E-state index contributed by atoms with van der Waals surface area (Å²) in [4.78, 5) is 5.50. The van der Waals surface area contributed by atoms with Gasteiger partial charge in [0.1, 0.15) is 5.82 Å². The lowest BCUT2D eigenvalue weighted by molar-refractivity contribution is 0.963. The first-order chi connectivity index (χ1) is 8.56. The van der Waals surface area contributed by atoms with Crippen LogP contribution in [0.5, 0.6) is 0 Å². The summed E-state index contributed by atoms with van der Waals surface area (Å²) in [5.74, 6) is 1.70. The zero-order valence-electron chi connectivity index (χ0n) is 10.4. The van der Waals surface area contributed by atoms with Crippen LogP contribution in [0.3, 0.4) is 0 Å². The normalized spacial score (nSPS) is 11.3. The molecule has 0 saturated heterocycles. The number of hydrogen-bond donors (Lipinski definition) is 1. The SMILES string of the molecule is Cc1cc2nnc(-c3sc(N)cc3C)n2c(C)n1. The molecule has 0 fully saturated rings. The summed E-state index contributed by atoms with van der Waals surface area (Å²) in [5, 5.41) is 9.26. The van der Waals surface area contributed by atoms with Crippen LogP contribution in [0, 0.1) is 20.8 Å². The lowest BCUT2D eigenvalue weighted by Crippen LogP contribution is -1.99. The van der Waals surface area contributed by atoms with Crippen molar-refractivity contribution in [3.63, 3.8) is 0 Å². The molecule has 0 saturated carbocycles. The van der Waals surface area contributed by atoms with E-state index in [2.05, 4.69) is 15.2 Å². The lowest BCUT2D eigenvalue weighted by atomic mass is 10.3. The van der Waals surface area contributed by atoms with Gasteiger partial charge in [0.15, 0.2) is 11.5 Å². The molecule has 0 radical (unpaired) electrons. The highest BCUT2D eigenvalue weighted by Gasteiger charge is 2.15. The second kappa shape index (κ2) is 3.78. The van der Waals surface area contributed by atoms with Gasteiger partial charge in [0, 0.05) is 11.8 Å². The Balaban J connectivity index is 2.34. The predicted octanol–water partition coefficient (Wildman–Crippen LogP) is 2.36. The van der Waals surface area contributed by atoms with Crippen LogP contribution in [-0.4, -0.2) is 19.6 Å². The molecule has 0 amide bonds. The van der Waals surface area contributed by atoms with Gasteiger partial charge in [0.05, 0.1) is 9.88 Å². The van der Waals surface area contributed by atoms with Gasteiger partial charge < -0.3 is 5.73 Å². The lowest BCUT2D eigenvalue weighted by Gasteiger charge is -2.03. The number of nitrogens with zero attached hydrogens (tertiary/aromatic N) is 4. The molecule has 0 aliphatic heterocycles. The fraction of sp³-hybridized carbons (Fsp3) is 0.250. The van der Waals surface area contributed by atoms with Crippen LogP contribution in [0.15, 0.2) is 12.1 Å². The van der Waals surface area contributed by atoms with Gasteiger partial charge in [0.25, 0.3) is 0 Å². The maximum atomic E-state index is 5.84. The molecule has 0 aliphatic rings. The monoisotopic (exact) mass is 259 g/mol. The van der Waals surface area contributed by atoms with Crippen molar-refractivity contribution in [3.8, 4) is 10.7 Å². The highest BCUT2D eigenvalue weighted by molar-refractivity contribution is 7.19. The van der Waals surface area contributed by atoms with Crippen molar-refractivity contribution < 1.29 is 0 Å². The molecule has 0 aliphatic carbocycles. The number of rotatable bonds is 1. The number of nitrogen functional groups attached to an aromatic ring is 1. The Labute approximate surface area is 108 Å². The average Bonchev–Trinajstić information content (AvgIpc) is 2.81. The van der Waals surface area contributed by atoms with E-state index in [4.69, 9.17) is 5.73 Å². The molecule has 0 aromatic carbocycles. The third kappa shape index (κ3) is 1.57. The summed E-state index contributed by atoms with van der Waals surface area (Å²) < 4.78 is 1.96. The number of aromatic nitrogens is 4. The molecule has 3 aromatic heterocycles. The molecule has 0 spiro atoms. The summed E-state index contributed by atoms with van der Waals surface area (Å²) in [7, 11) is 0. The quantitative estimate of drug-likeness (QED) is 0.728. The first kappa shape index (κ1) is 11.2. The van der Waals surface area contributed by atoms with Gasteiger partial charge in [-0.1, -0.05) is 0 Å². The van der Waals surface area contributed by atoms with Crippen molar-refractivity contribution in [1.82, 2.24) is 19.6 Å². The number of thiophene rings is 1. The van der Waals surface area contributed by atoms with Crippen LogP contribution < -0.4 is 5.73 Å². The standard InChI is InChI=1S/C12H13N5S/c1-6-4-9(13)18-11(6)12-16-15-10-5-7(2)14-8(3)17(10)12/h4-5H,13H2,1-3H3. The van der Waals surface area contributed by atoms with Gasteiger partial charge in [-0.15, -0.1) is 21.5 Å². The minimum atomic E-state index is 0.789. The Kier molecular flexibility index (Phi) is 2.34. The van der Waals surface area contributed by atoms with E-state index in [1.165, 1.54) is 11.3 Å². The Morgan fingerprint density at radius 1 is 1.17 bits per heavy atom. The van der Waals surface area contributed by atoms with Crippen molar-refractivity contribution in [3.05, 3.63) is 29.2 Å². The molecule has 18 heavy (non-hydrogen) atoms. The van der Waals surface area contributed by atoms with Gasteiger partial charge in [0.2, 0.25) is 0 Å². The van der Waals surface area contributed by atoms with Gasteiger partial charge in [-0.3, -0.25) is 4.40 Å². The molecule has 0 bridgehead atoms. The number of fused-ring (bicyclic) bond motifs is 1. The van der Waals surface area contributed by atoms with E-state index in [1.807, 2.05) is 37.3 Å². The zero-order chi connectivity index (χ0) is 12.9. The highest BCUT2D eigenvalue weighted by Crippen LogP contribution is 2.33. The van der Waals surface area contributed by atoms with E-state index < -0.39 is 0 Å². The first-order valence-electron chi connectivity index (χ1n) is 5.62. The Morgan fingerprint density at radius 2 is 1.94 bits per heavy atom. The molecule has 2 N–H and O–H groups in total. The van der Waals surface area contributed by atoms with E-state index in [0.29, 0.717) is 0 Å². The van der Waals surface area contributed by atoms with Crippen LogP contribution in [0.2, 0.25) is 0 Å². The Bertz CT molecular complexity index is 740. The van der Waals surface area contributed by atoms with Crippen molar-refractivity contribution in [1.29, 1.82) is 0 Å². The maximum absolute atomic E-state index is 5.84. The molecule has 3 heterocycles. The molecule has 3 aromatic rings. The topological polar surface area (TPSA) is 69.1 Å². The van der Waals surface area contributed by atoms with Gasteiger partial charge in [-0.25, -0.2) is 4.98 Å². The van der Waals surface area contributed by atoms with Crippen LogP contribution in [-0.2, 0) is 0 Å². The van der Waals surface area contributed by atoms with E-state index in [1.54, 1.807) is 0 Å². The number of aryl methyl sites for hydroxylation is 3. The van der Waals surface area contributed by atoms with Crippen molar-refractivity contribution >= 4 is 22.0 Å². The van der Waals surface area contributed by atoms with E-state index in [9.17, 15) is 0 Å². The second-order valence-corrected chi connectivity index (χ2v) is 5.41. The fourth-order valence-corrected chi connectivity index (χ4v) is 3.02. The Morgan fingerprint density at radius 3 is 2.61 bits per heavy atom. The van der Waals surface area contributed by atoms with Gasteiger partial charge in [-0.2, -0.15) is 0 Å². The third-order valence-corrected chi connectivity index (χ3v) is 3.89. The smallest absolute Gasteiger partial charge is 0.180 e. The molecular formula is C12H13N5S. The summed E-state index contributed by atoms with van der Waals surface area (Å²) in [6.07, 6.45) is 0. The first-order valence-corrected chi connectivity index (χ1v) is 6.43. The molecule has 3 rings (SSSR count). The third-order valence-electron chi connectivity index (χ3n) is 2.83. The van der Waals surface area contributed by atoms with Crippen LogP contribution in [0.1, 0.15) is 17.1 Å². The largest absolute Gasteiger partial charge is 0.391 e. The highest BCUT2D eigenvalue weighted by atomic mass is 32.1. The maximum Gasteiger partial charge on any atom is 0.180 e. The number of nitrogens with two attached hydrogens (primary N) is 1. The van der Waals surface area contributed by atoms with E-state index in [-0.39, 0.29) is 0 Å². The molecular weight excluding hydrogens is 246 g/mol. The van der Waals surface area contributed by atoms with Crippen LogP contribution >= 0.6 is 11.3 Å². The summed E-state index contributed by atoms with van der Waals surface area (Å²) in [6.45, 7) is 5.94. The zero-order valence-corrected chi connectivity index (χ0v) is 11.2. The molecule has 92 valence electrons. The summed E-state index contributed by atoms with van der Waals surface area (Å²) >= 11 is 1.53. The molecule has 6 heteroatoms. The summed E-state index contributed by atoms with van der Waals surface area (Å²) in [5.41, 5.74) is 8.72. The van der Waals surface area contributed by atoms with Crippen LogP contribution in [0.4, 0.5) is 5.00 Å². The van der Waals surface area contributed by atoms with E-state index >= 15 is 0 Å². The number of anilines is 1. The second-order valence-electron chi connectivity index (χ2n) is 4.32.